The van der Waals surface area contributed by atoms with Gasteiger partial charge in [-0.15, -0.1) is 0 Å². The molecule has 0 saturated heterocycles. The summed E-state index contributed by atoms with van der Waals surface area (Å²) in [6, 6.07) is 0. The van der Waals surface area contributed by atoms with Crippen LogP contribution in [0.5, 0.6) is 0 Å². The first-order valence-electron chi connectivity index (χ1n) is 5.67. The Bertz CT molecular complexity index is 380. The van der Waals surface area contributed by atoms with E-state index >= 15 is 0 Å². The molecule has 1 N–H and O–H groups in total. The summed E-state index contributed by atoms with van der Waals surface area (Å²) in [6.07, 6.45) is 0.335. The van der Waals surface area contributed by atoms with Crippen molar-refractivity contribution < 1.29 is 27.3 Å². The summed E-state index contributed by atoms with van der Waals surface area (Å²) < 4.78 is 36.9. The van der Waals surface area contributed by atoms with Gasteiger partial charge >= 0.3 is 0 Å². The van der Waals surface area contributed by atoms with Crippen LogP contribution in [0, 0.1) is 11.8 Å². The largest absolute Gasteiger partial charge is 0.748 e. The monoisotopic (exact) mass is 279 g/mol. The summed E-state index contributed by atoms with van der Waals surface area (Å²) in [5, 5.41) is 8.46. The van der Waals surface area contributed by atoms with E-state index in [0.717, 1.165) is 0 Å². The van der Waals surface area contributed by atoms with Crippen LogP contribution in [0.4, 0.5) is 0 Å². The Kier molecular flexibility index (Phi) is 8.15. The third kappa shape index (κ3) is 11.8. The summed E-state index contributed by atoms with van der Waals surface area (Å²) in [4.78, 5) is 0. The average Bonchev–Trinajstić information content (AvgIpc) is 2.21. The molecule has 0 radical (unpaired) electrons. The van der Waals surface area contributed by atoms with Crippen molar-refractivity contribution in [2.45, 2.75) is 6.42 Å². The SMILES string of the molecule is C[N+](C)(CC#CCOCCO)CCCS(=O)(=O)[O-]. The molecule has 0 aliphatic carbocycles. The van der Waals surface area contributed by atoms with Crippen molar-refractivity contribution >= 4 is 10.1 Å². The summed E-state index contributed by atoms with van der Waals surface area (Å²) >= 11 is 0. The lowest BCUT2D eigenvalue weighted by Crippen LogP contribution is -2.41. The highest BCUT2D eigenvalue weighted by Crippen LogP contribution is 1.99. The second-order valence-electron chi connectivity index (χ2n) is 4.56. The molecule has 0 spiro atoms. The number of quaternary nitrogens is 1. The first-order chi connectivity index (χ1) is 8.27. The van der Waals surface area contributed by atoms with Gasteiger partial charge in [0.15, 0.2) is 0 Å². The minimum Gasteiger partial charge on any atom is -0.748 e. The molecule has 0 atom stereocenters. The van der Waals surface area contributed by atoms with Gasteiger partial charge in [-0.2, -0.15) is 0 Å². The Labute approximate surface area is 109 Å². The number of aliphatic hydroxyl groups excluding tert-OH is 1. The van der Waals surface area contributed by atoms with Crippen LogP contribution in [0.3, 0.4) is 0 Å². The highest BCUT2D eigenvalue weighted by Gasteiger charge is 2.13. The Morgan fingerprint density at radius 1 is 1.33 bits per heavy atom. The maximum absolute atomic E-state index is 10.5. The van der Waals surface area contributed by atoms with Crippen LogP contribution >= 0.6 is 0 Å². The Balaban J connectivity index is 3.85. The predicted molar refractivity (Wildman–Crippen MR) is 66.7 cm³/mol. The van der Waals surface area contributed by atoms with Crippen molar-refractivity contribution in [2.75, 3.05) is 52.8 Å². The van der Waals surface area contributed by atoms with Gasteiger partial charge in [0.05, 0.1) is 44.0 Å². The molecule has 106 valence electrons. The van der Waals surface area contributed by atoms with Crippen molar-refractivity contribution in [3.63, 3.8) is 0 Å². The summed E-state index contributed by atoms with van der Waals surface area (Å²) in [5.41, 5.74) is 0. The highest BCUT2D eigenvalue weighted by atomic mass is 32.2. The second kappa shape index (κ2) is 8.45. The molecule has 0 aromatic heterocycles. The van der Waals surface area contributed by atoms with Crippen molar-refractivity contribution in [2.24, 2.45) is 0 Å². The topological polar surface area (TPSA) is 86.7 Å². The zero-order valence-electron chi connectivity index (χ0n) is 10.9. The molecule has 18 heavy (non-hydrogen) atoms. The number of rotatable bonds is 8. The van der Waals surface area contributed by atoms with E-state index in [4.69, 9.17) is 9.84 Å². The summed E-state index contributed by atoms with van der Waals surface area (Å²) in [5.74, 6) is 5.39. The predicted octanol–water partition coefficient (Wildman–Crippen LogP) is -0.990. The van der Waals surface area contributed by atoms with E-state index in [0.29, 0.717) is 24.0 Å². The van der Waals surface area contributed by atoms with Crippen LogP contribution in [-0.4, -0.2) is 75.3 Å². The zero-order valence-corrected chi connectivity index (χ0v) is 11.7. The van der Waals surface area contributed by atoms with E-state index < -0.39 is 10.1 Å². The Morgan fingerprint density at radius 2 is 2.00 bits per heavy atom. The van der Waals surface area contributed by atoms with E-state index in [-0.39, 0.29) is 25.6 Å². The van der Waals surface area contributed by atoms with Gasteiger partial charge in [-0.3, -0.25) is 0 Å². The van der Waals surface area contributed by atoms with Gasteiger partial charge in [0.1, 0.15) is 13.2 Å². The van der Waals surface area contributed by atoms with Crippen LogP contribution in [0.2, 0.25) is 0 Å². The smallest absolute Gasteiger partial charge is 0.140 e. The van der Waals surface area contributed by atoms with Crippen LogP contribution in [0.1, 0.15) is 6.42 Å². The Hall–Kier alpha value is -0.650. The molecule has 0 fully saturated rings. The first-order valence-corrected chi connectivity index (χ1v) is 7.24. The molecule has 0 bridgehead atoms. The molecule has 0 rings (SSSR count). The number of hydrogen-bond acceptors (Lipinski definition) is 5. The maximum atomic E-state index is 10.5. The second-order valence-corrected chi connectivity index (χ2v) is 6.09. The number of nitrogens with zero attached hydrogens (tertiary/aromatic N) is 1. The lowest BCUT2D eigenvalue weighted by molar-refractivity contribution is -0.883. The van der Waals surface area contributed by atoms with Gasteiger partial charge in [0, 0.05) is 12.2 Å². The van der Waals surface area contributed by atoms with Gasteiger partial charge < -0.3 is 18.9 Å². The highest BCUT2D eigenvalue weighted by molar-refractivity contribution is 7.85. The zero-order chi connectivity index (χ0) is 14.1. The molecule has 0 amide bonds. The van der Waals surface area contributed by atoms with Crippen LogP contribution in [-0.2, 0) is 14.9 Å². The van der Waals surface area contributed by atoms with E-state index in [9.17, 15) is 13.0 Å². The third-order valence-corrected chi connectivity index (χ3v) is 2.99. The lowest BCUT2D eigenvalue weighted by Gasteiger charge is -2.27. The molecule has 0 aromatic carbocycles. The molecular weight excluding hydrogens is 258 g/mol. The van der Waals surface area contributed by atoms with Gasteiger partial charge in [0.25, 0.3) is 0 Å². The number of aliphatic hydroxyl groups is 1. The van der Waals surface area contributed by atoms with Gasteiger partial charge in [-0.25, -0.2) is 8.42 Å². The maximum Gasteiger partial charge on any atom is 0.140 e. The van der Waals surface area contributed by atoms with Crippen molar-refractivity contribution in [1.29, 1.82) is 0 Å². The molecule has 0 saturated carbocycles. The van der Waals surface area contributed by atoms with Crippen molar-refractivity contribution in [3.05, 3.63) is 0 Å². The van der Waals surface area contributed by atoms with Crippen molar-refractivity contribution in [1.82, 2.24) is 0 Å². The molecule has 0 heterocycles. The van der Waals surface area contributed by atoms with Crippen LogP contribution in [0.15, 0.2) is 0 Å². The number of hydrogen-bond donors (Lipinski definition) is 1. The molecule has 0 aromatic rings. The fourth-order valence-electron chi connectivity index (χ4n) is 1.26. The average molecular weight is 279 g/mol. The minimum atomic E-state index is -4.12. The van der Waals surface area contributed by atoms with Crippen LogP contribution in [0.25, 0.3) is 0 Å². The fraction of sp³-hybridized carbons (Fsp3) is 0.818. The molecule has 6 nitrogen and oxygen atoms in total. The molecule has 7 heteroatoms. The minimum absolute atomic E-state index is 0.0209. The Morgan fingerprint density at radius 3 is 2.56 bits per heavy atom. The quantitative estimate of drug-likeness (QED) is 0.267. The van der Waals surface area contributed by atoms with Gasteiger partial charge in [-0.05, 0) is 5.92 Å². The summed E-state index contributed by atoms with van der Waals surface area (Å²) in [6.45, 7) is 1.66. The molecular formula is C11H21NO5S. The lowest BCUT2D eigenvalue weighted by atomic mass is 10.3. The standard InChI is InChI=1S/C11H21NO5S/c1-12(2,7-5-11-18(14,15)16)6-3-4-9-17-10-8-13/h13H,5-11H2,1-2H3. The number of ether oxygens (including phenoxy) is 1. The van der Waals surface area contributed by atoms with E-state index in [1.165, 1.54) is 0 Å². The van der Waals surface area contributed by atoms with E-state index in [1.54, 1.807) is 0 Å². The van der Waals surface area contributed by atoms with Gasteiger partial charge in [-0.1, -0.05) is 5.92 Å². The first kappa shape index (κ1) is 17.4. The molecule has 0 aliphatic heterocycles. The molecule has 0 unspecified atom stereocenters. The third-order valence-electron chi connectivity index (χ3n) is 2.20. The fourth-order valence-corrected chi connectivity index (χ4v) is 1.74. The van der Waals surface area contributed by atoms with Crippen LogP contribution < -0.4 is 0 Å². The van der Waals surface area contributed by atoms with E-state index in [1.807, 2.05) is 14.1 Å². The molecule has 0 aliphatic rings. The van der Waals surface area contributed by atoms with E-state index in [2.05, 4.69) is 11.8 Å². The normalized spacial score (nSPS) is 12.0. The van der Waals surface area contributed by atoms with Crippen molar-refractivity contribution in [3.8, 4) is 11.8 Å². The summed E-state index contributed by atoms with van der Waals surface area (Å²) in [7, 11) is -0.287. The van der Waals surface area contributed by atoms with Gasteiger partial charge in [0.2, 0.25) is 0 Å².